The summed E-state index contributed by atoms with van der Waals surface area (Å²) in [6.45, 7) is 3.54. The van der Waals surface area contributed by atoms with E-state index in [1.165, 1.54) is 0 Å². The Balaban J connectivity index is 1.70. The lowest BCUT2D eigenvalue weighted by atomic mass is 10.0. The van der Waals surface area contributed by atoms with Gasteiger partial charge in [0.05, 0.1) is 28.0 Å². The molecule has 1 aromatic carbocycles. The number of benzene rings is 1. The number of para-hydroxylation sites is 1. The van der Waals surface area contributed by atoms with Crippen molar-refractivity contribution in [3.8, 4) is 5.69 Å². The van der Waals surface area contributed by atoms with E-state index in [0.29, 0.717) is 6.42 Å². The van der Waals surface area contributed by atoms with Crippen molar-refractivity contribution < 1.29 is 4.79 Å². The van der Waals surface area contributed by atoms with Gasteiger partial charge in [-0.05, 0) is 30.5 Å². The molecular weight excluding hydrogens is 332 g/mol. The number of aromatic nitrogens is 2. The summed E-state index contributed by atoms with van der Waals surface area (Å²) in [4.78, 5) is 13.2. The van der Waals surface area contributed by atoms with Gasteiger partial charge < -0.3 is 0 Å². The SMILES string of the molecule is CC(=O)N1N=C(c2cccs2)C[C@H]1c1cn(-c2ccccc2)nc1C. The van der Waals surface area contributed by atoms with Gasteiger partial charge in [0.15, 0.2) is 0 Å². The maximum atomic E-state index is 12.1. The Morgan fingerprint density at radius 1 is 1.20 bits per heavy atom. The number of hydrogen-bond donors (Lipinski definition) is 0. The van der Waals surface area contributed by atoms with Crippen LogP contribution in [0.4, 0.5) is 0 Å². The van der Waals surface area contributed by atoms with Crippen LogP contribution in [-0.4, -0.2) is 26.4 Å². The van der Waals surface area contributed by atoms with E-state index in [1.54, 1.807) is 23.3 Å². The van der Waals surface area contributed by atoms with E-state index in [1.807, 2.05) is 65.6 Å². The quantitative estimate of drug-likeness (QED) is 0.718. The van der Waals surface area contributed by atoms with E-state index >= 15 is 0 Å². The maximum Gasteiger partial charge on any atom is 0.240 e. The Kier molecular flexibility index (Phi) is 3.97. The Morgan fingerprint density at radius 2 is 2.00 bits per heavy atom. The first-order valence-electron chi connectivity index (χ1n) is 8.16. The third-order valence-corrected chi connectivity index (χ3v) is 5.27. The molecule has 2 aromatic heterocycles. The third kappa shape index (κ3) is 2.89. The molecule has 3 aromatic rings. The number of nitrogens with zero attached hydrogens (tertiary/aromatic N) is 4. The largest absolute Gasteiger partial charge is 0.273 e. The molecule has 5 nitrogen and oxygen atoms in total. The van der Waals surface area contributed by atoms with Gasteiger partial charge in [-0.3, -0.25) is 4.79 Å². The zero-order valence-corrected chi connectivity index (χ0v) is 14.9. The number of rotatable bonds is 3. The number of carbonyl (C=O) groups is 1. The number of thiophene rings is 1. The van der Waals surface area contributed by atoms with Crippen molar-refractivity contribution in [3.63, 3.8) is 0 Å². The minimum atomic E-state index is -0.105. The Hall–Kier alpha value is -2.73. The van der Waals surface area contributed by atoms with Crippen LogP contribution < -0.4 is 0 Å². The van der Waals surface area contributed by atoms with Gasteiger partial charge in [0.25, 0.3) is 0 Å². The maximum absolute atomic E-state index is 12.1. The molecule has 1 amide bonds. The second-order valence-electron chi connectivity index (χ2n) is 6.06. The standard InChI is InChI=1S/C19H18N4OS/c1-13-16(12-22(20-13)15-7-4-3-5-8-15)18-11-17(19-9-6-10-25-19)21-23(18)14(2)24/h3-10,12,18H,11H2,1-2H3/t18-/m0/s1. The van der Waals surface area contributed by atoms with E-state index in [-0.39, 0.29) is 11.9 Å². The molecule has 25 heavy (non-hydrogen) atoms. The van der Waals surface area contributed by atoms with Gasteiger partial charge in [-0.1, -0.05) is 24.3 Å². The summed E-state index contributed by atoms with van der Waals surface area (Å²) < 4.78 is 1.87. The normalized spacial score (nSPS) is 17.0. The smallest absolute Gasteiger partial charge is 0.240 e. The predicted molar refractivity (Wildman–Crippen MR) is 99.0 cm³/mol. The van der Waals surface area contributed by atoms with Crippen molar-refractivity contribution in [2.75, 3.05) is 0 Å². The summed E-state index contributed by atoms with van der Waals surface area (Å²) in [5.41, 5.74) is 3.92. The average molecular weight is 350 g/mol. The van der Waals surface area contributed by atoms with Crippen LogP contribution in [0.2, 0.25) is 0 Å². The van der Waals surface area contributed by atoms with Crippen LogP contribution in [0.15, 0.2) is 59.1 Å². The molecule has 0 spiro atoms. The molecule has 0 bridgehead atoms. The number of aryl methyl sites for hydroxylation is 1. The van der Waals surface area contributed by atoms with Crippen molar-refractivity contribution >= 4 is 23.0 Å². The van der Waals surface area contributed by atoms with E-state index in [2.05, 4.69) is 10.2 Å². The molecule has 3 heterocycles. The fourth-order valence-electron chi connectivity index (χ4n) is 3.15. The number of hydrogen-bond acceptors (Lipinski definition) is 4. The molecular formula is C19H18N4OS. The van der Waals surface area contributed by atoms with Gasteiger partial charge in [0, 0.05) is 25.1 Å². The van der Waals surface area contributed by atoms with Crippen LogP contribution in [0.25, 0.3) is 5.69 Å². The lowest BCUT2D eigenvalue weighted by Gasteiger charge is -2.19. The number of carbonyl (C=O) groups excluding carboxylic acids is 1. The highest BCUT2D eigenvalue weighted by atomic mass is 32.1. The van der Waals surface area contributed by atoms with Gasteiger partial charge in [-0.2, -0.15) is 10.2 Å². The molecule has 0 radical (unpaired) electrons. The number of hydrazone groups is 1. The second-order valence-corrected chi connectivity index (χ2v) is 7.01. The van der Waals surface area contributed by atoms with E-state index in [0.717, 1.165) is 27.5 Å². The monoisotopic (exact) mass is 350 g/mol. The summed E-state index contributed by atoms with van der Waals surface area (Å²) in [6, 6.07) is 13.9. The van der Waals surface area contributed by atoms with E-state index in [4.69, 9.17) is 0 Å². The molecule has 6 heteroatoms. The van der Waals surface area contributed by atoms with E-state index < -0.39 is 0 Å². The fourth-order valence-corrected chi connectivity index (χ4v) is 3.87. The first kappa shape index (κ1) is 15.8. The molecule has 0 fully saturated rings. The molecule has 0 N–H and O–H groups in total. The lowest BCUT2D eigenvalue weighted by molar-refractivity contribution is -0.130. The molecule has 126 valence electrons. The van der Waals surface area contributed by atoms with Crippen molar-refractivity contribution in [3.05, 3.63) is 70.2 Å². The van der Waals surface area contributed by atoms with Crippen LogP contribution >= 0.6 is 11.3 Å². The highest BCUT2D eigenvalue weighted by molar-refractivity contribution is 7.12. The highest BCUT2D eigenvalue weighted by Crippen LogP contribution is 2.35. The van der Waals surface area contributed by atoms with Crippen LogP contribution in [0.3, 0.4) is 0 Å². The first-order valence-corrected chi connectivity index (χ1v) is 9.04. The van der Waals surface area contributed by atoms with Gasteiger partial charge >= 0.3 is 0 Å². The molecule has 4 rings (SSSR count). The molecule has 1 aliphatic rings. The minimum absolute atomic E-state index is 0.0524. The molecule has 0 saturated carbocycles. The second kappa shape index (κ2) is 6.29. The first-order chi connectivity index (χ1) is 12.1. The zero-order chi connectivity index (χ0) is 17.4. The molecule has 0 saturated heterocycles. The Morgan fingerprint density at radius 3 is 2.68 bits per heavy atom. The van der Waals surface area contributed by atoms with Crippen molar-refractivity contribution in [1.29, 1.82) is 0 Å². The van der Waals surface area contributed by atoms with Crippen molar-refractivity contribution in [2.45, 2.75) is 26.3 Å². The van der Waals surface area contributed by atoms with Crippen molar-refractivity contribution in [2.24, 2.45) is 5.10 Å². The van der Waals surface area contributed by atoms with Gasteiger partial charge in [-0.25, -0.2) is 9.69 Å². The van der Waals surface area contributed by atoms with Crippen LogP contribution in [-0.2, 0) is 4.79 Å². The summed E-state index contributed by atoms with van der Waals surface area (Å²) >= 11 is 1.65. The van der Waals surface area contributed by atoms with Crippen molar-refractivity contribution in [1.82, 2.24) is 14.8 Å². The lowest BCUT2D eigenvalue weighted by Crippen LogP contribution is -2.24. The fraction of sp³-hybridized carbons (Fsp3) is 0.211. The Bertz CT molecular complexity index is 928. The number of amides is 1. The summed E-state index contributed by atoms with van der Waals surface area (Å²) in [6.07, 6.45) is 2.72. The summed E-state index contributed by atoms with van der Waals surface area (Å²) in [5, 5.41) is 12.8. The minimum Gasteiger partial charge on any atom is -0.273 e. The summed E-state index contributed by atoms with van der Waals surface area (Å²) in [7, 11) is 0. The Labute approximate surface area is 150 Å². The predicted octanol–water partition coefficient (Wildman–Crippen LogP) is 3.94. The van der Waals surface area contributed by atoms with Gasteiger partial charge in [0.1, 0.15) is 0 Å². The zero-order valence-electron chi connectivity index (χ0n) is 14.1. The molecule has 1 atom stereocenters. The highest BCUT2D eigenvalue weighted by Gasteiger charge is 2.33. The molecule has 1 aliphatic heterocycles. The molecule has 0 aliphatic carbocycles. The van der Waals surface area contributed by atoms with Gasteiger partial charge in [-0.15, -0.1) is 11.3 Å². The van der Waals surface area contributed by atoms with Crippen LogP contribution in [0.5, 0.6) is 0 Å². The third-order valence-electron chi connectivity index (χ3n) is 4.36. The van der Waals surface area contributed by atoms with Crippen LogP contribution in [0.1, 0.15) is 35.5 Å². The topological polar surface area (TPSA) is 50.5 Å². The summed E-state index contributed by atoms with van der Waals surface area (Å²) in [5.74, 6) is -0.0524. The van der Waals surface area contributed by atoms with Crippen LogP contribution in [0, 0.1) is 6.92 Å². The molecule has 0 unspecified atom stereocenters. The van der Waals surface area contributed by atoms with E-state index in [9.17, 15) is 4.79 Å². The average Bonchev–Trinajstić information content (AvgIpc) is 3.34. The van der Waals surface area contributed by atoms with Gasteiger partial charge in [0.2, 0.25) is 5.91 Å².